The molecule has 1 saturated heterocycles. The van der Waals surface area contributed by atoms with Crippen LogP contribution in [0.2, 0.25) is 5.02 Å². The number of hydrogen-bond acceptors (Lipinski definition) is 4. The number of nitrogens with one attached hydrogen (secondary N) is 1. The average Bonchev–Trinajstić information content (AvgIpc) is 2.37. The molecule has 2 rings (SSSR count). The monoisotopic (exact) mass is 295 g/mol. The molecule has 1 aromatic carbocycles. The van der Waals surface area contributed by atoms with Crippen molar-refractivity contribution >= 4 is 35.0 Å². The Morgan fingerprint density at radius 3 is 2.70 bits per heavy atom. The van der Waals surface area contributed by atoms with Gasteiger partial charge in [0.2, 0.25) is 5.91 Å². The van der Waals surface area contributed by atoms with Gasteiger partial charge in [-0.15, -0.1) is 0 Å². The molecule has 1 heterocycles. The van der Waals surface area contributed by atoms with Gasteiger partial charge in [0, 0.05) is 0 Å². The summed E-state index contributed by atoms with van der Waals surface area (Å²) in [7, 11) is 0. The van der Waals surface area contributed by atoms with Gasteiger partial charge in [0.15, 0.2) is 0 Å². The number of carbonyl (C=O) groups is 3. The smallest absolute Gasteiger partial charge is 0.257 e. The van der Waals surface area contributed by atoms with Crippen LogP contribution in [0.4, 0.5) is 5.69 Å². The summed E-state index contributed by atoms with van der Waals surface area (Å²) in [4.78, 5) is 37.0. The van der Waals surface area contributed by atoms with Crippen molar-refractivity contribution in [1.29, 1.82) is 0 Å². The van der Waals surface area contributed by atoms with Gasteiger partial charge in [-0.3, -0.25) is 19.7 Å². The fourth-order valence-corrected chi connectivity index (χ4v) is 2.15. The summed E-state index contributed by atoms with van der Waals surface area (Å²) in [5.74, 6) is -1.55. The number of carbonyl (C=O) groups excluding carboxylic acids is 3. The Bertz CT molecular complexity index is 613. The van der Waals surface area contributed by atoms with Crippen LogP contribution in [0.3, 0.4) is 0 Å². The van der Waals surface area contributed by atoms with Gasteiger partial charge in [-0.25, -0.2) is 0 Å². The van der Waals surface area contributed by atoms with Crippen molar-refractivity contribution in [1.82, 2.24) is 10.2 Å². The predicted octanol–water partition coefficient (Wildman–Crippen LogP) is 0.799. The van der Waals surface area contributed by atoms with E-state index in [2.05, 4.69) is 5.32 Å². The summed E-state index contributed by atoms with van der Waals surface area (Å²) < 4.78 is 0. The molecule has 7 heteroatoms. The van der Waals surface area contributed by atoms with Crippen LogP contribution in [-0.4, -0.2) is 34.7 Å². The SMILES string of the molecule is CC1(C)C(=O)NC(=O)CN1C(=O)c1cccc(Cl)c1N. The van der Waals surface area contributed by atoms with Crippen LogP contribution in [0, 0.1) is 0 Å². The number of nitrogen functional groups attached to an aromatic ring is 1. The number of piperazine rings is 1. The molecule has 1 aliphatic heterocycles. The van der Waals surface area contributed by atoms with Gasteiger partial charge in [-0.1, -0.05) is 17.7 Å². The average molecular weight is 296 g/mol. The highest BCUT2D eigenvalue weighted by Gasteiger charge is 2.44. The maximum absolute atomic E-state index is 12.5. The van der Waals surface area contributed by atoms with Crippen molar-refractivity contribution in [2.24, 2.45) is 0 Å². The van der Waals surface area contributed by atoms with E-state index in [9.17, 15) is 14.4 Å². The lowest BCUT2D eigenvalue weighted by Gasteiger charge is -2.40. The van der Waals surface area contributed by atoms with E-state index >= 15 is 0 Å². The molecule has 0 saturated carbocycles. The quantitative estimate of drug-likeness (QED) is 0.592. The molecular weight excluding hydrogens is 282 g/mol. The van der Waals surface area contributed by atoms with Crippen molar-refractivity contribution in [3.8, 4) is 0 Å². The number of amides is 3. The van der Waals surface area contributed by atoms with Gasteiger partial charge in [0.25, 0.3) is 11.8 Å². The van der Waals surface area contributed by atoms with Gasteiger partial charge in [0.05, 0.1) is 16.3 Å². The van der Waals surface area contributed by atoms with Gasteiger partial charge >= 0.3 is 0 Å². The second-order valence-electron chi connectivity index (χ2n) is 5.03. The first-order valence-electron chi connectivity index (χ1n) is 5.95. The molecule has 3 N–H and O–H groups in total. The summed E-state index contributed by atoms with van der Waals surface area (Å²) in [6, 6.07) is 4.66. The highest BCUT2D eigenvalue weighted by atomic mass is 35.5. The molecule has 0 aliphatic carbocycles. The fourth-order valence-electron chi connectivity index (χ4n) is 1.98. The maximum Gasteiger partial charge on any atom is 0.257 e. The van der Waals surface area contributed by atoms with Crippen LogP contribution >= 0.6 is 11.6 Å². The van der Waals surface area contributed by atoms with Crippen LogP contribution in [-0.2, 0) is 9.59 Å². The maximum atomic E-state index is 12.5. The third-order valence-electron chi connectivity index (χ3n) is 3.31. The normalized spacial score (nSPS) is 17.9. The Hall–Kier alpha value is -2.08. The van der Waals surface area contributed by atoms with E-state index in [1.54, 1.807) is 26.0 Å². The highest BCUT2D eigenvalue weighted by Crippen LogP contribution is 2.27. The third kappa shape index (κ3) is 2.22. The van der Waals surface area contributed by atoms with E-state index in [1.165, 1.54) is 11.0 Å². The minimum Gasteiger partial charge on any atom is -0.397 e. The molecule has 0 radical (unpaired) electrons. The Morgan fingerprint density at radius 2 is 2.05 bits per heavy atom. The number of anilines is 1. The van der Waals surface area contributed by atoms with E-state index < -0.39 is 23.3 Å². The van der Waals surface area contributed by atoms with Crippen LogP contribution in [0.5, 0.6) is 0 Å². The molecule has 0 spiro atoms. The zero-order valence-corrected chi connectivity index (χ0v) is 11.8. The zero-order valence-electron chi connectivity index (χ0n) is 11.1. The minimum absolute atomic E-state index is 0.133. The Labute approximate surface area is 120 Å². The summed E-state index contributed by atoms with van der Waals surface area (Å²) in [6.07, 6.45) is 0. The molecule has 0 atom stereocenters. The number of nitrogens with zero attached hydrogens (tertiary/aromatic N) is 1. The number of nitrogens with two attached hydrogens (primary N) is 1. The number of imide groups is 1. The van der Waals surface area contributed by atoms with Crippen LogP contribution in [0.25, 0.3) is 0 Å². The van der Waals surface area contributed by atoms with E-state index in [0.717, 1.165) is 0 Å². The van der Waals surface area contributed by atoms with Crippen molar-refractivity contribution in [2.75, 3.05) is 12.3 Å². The molecule has 1 fully saturated rings. The Balaban J connectivity index is 2.43. The number of halogens is 1. The summed E-state index contributed by atoms with van der Waals surface area (Å²) >= 11 is 5.88. The van der Waals surface area contributed by atoms with E-state index in [-0.39, 0.29) is 22.8 Å². The van der Waals surface area contributed by atoms with E-state index in [4.69, 9.17) is 17.3 Å². The molecule has 0 aromatic heterocycles. The lowest BCUT2D eigenvalue weighted by atomic mass is 9.97. The molecule has 20 heavy (non-hydrogen) atoms. The molecule has 0 bridgehead atoms. The molecule has 106 valence electrons. The van der Waals surface area contributed by atoms with E-state index in [1.807, 2.05) is 0 Å². The molecule has 0 unspecified atom stereocenters. The largest absolute Gasteiger partial charge is 0.397 e. The lowest BCUT2D eigenvalue weighted by molar-refractivity contribution is -0.143. The molecule has 6 nitrogen and oxygen atoms in total. The first-order valence-corrected chi connectivity index (χ1v) is 6.33. The Kier molecular flexibility index (Phi) is 3.43. The fraction of sp³-hybridized carbons (Fsp3) is 0.308. The number of hydrogen-bond donors (Lipinski definition) is 2. The Morgan fingerprint density at radius 1 is 1.40 bits per heavy atom. The second kappa shape index (κ2) is 4.79. The third-order valence-corrected chi connectivity index (χ3v) is 3.64. The van der Waals surface area contributed by atoms with Crippen molar-refractivity contribution in [2.45, 2.75) is 19.4 Å². The number of benzene rings is 1. The van der Waals surface area contributed by atoms with Gasteiger partial charge in [-0.2, -0.15) is 0 Å². The minimum atomic E-state index is -1.14. The van der Waals surface area contributed by atoms with E-state index in [0.29, 0.717) is 0 Å². The number of para-hydroxylation sites is 1. The zero-order chi connectivity index (χ0) is 15.1. The summed E-state index contributed by atoms with van der Waals surface area (Å²) in [6.45, 7) is 2.92. The number of rotatable bonds is 1. The topological polar surface area (TPSA) is 92.5 Å². The highest BCUT2D eigenvalue weighted by molar-refractivity contribution is 6.34. The first kappa shape index (κ1) is 14.3. The first-order chi connectivity index (χ1) is 9.25. The molecular formula is C13H14ClN3O3. The lowest BCUT2D eigenvalue weighted by Crippen LogP contribution is -2.65. The predicted molar refractivity (Wildman–Crippen MR) is 74.1 cm³/mol. The van der Waals surface area contributed by atoms with Crippen molar-refractivity contribution in [3.05, 3.63) is 28.8 Å². The van der Waals surface area contributed by atoms with Gasteiger partial charge < -0.3 is 10.6 Å². The molecule has 3 amide bonds. The van der Waals surface area contributed by atoms with Crippen LogP contribution in [0.1, 0.15) is 24.2 Å². The molecule has 1 aromatic rings. The van der Waals surface area contributed by atoms with Gasteiger partial charge in [-0.05, 0) is 26.0 Å². The van der Waals surface area contributed by atoms with Crippen molar-refractivity contribution in [3.63, 3.8) is 0 Å². The van der Waals surface area contributed by atoms with Crippen LogP contribution < -0.4 is 11.1 Å². The summed E-state index contributed by atoms with van der Waals surface area (Å²) in [5.41, 5.74) is 4.95. The standard InChI is InChI=1S/C13H14ClN3O3/c1-13(2)12(20)16-9(18)6-17(13)11(19)7-4-3-5-8(14)10(7)15/h3-5H,6,15H2,1-2H3,(H,16,18,20). The second-order valence-corrected chi connectivity index (χ2v) is 5.44. The van der Waals surface area contributed by atoms with Crippen molar-refractivity contribution < 1.29 is 14.4 Å². The summed E-state index contributed by atoms with van der Waals surface area (Å²) in [5, 5.41) is 2.45. The van der Waals surface area contributed by atoms with Crippen LogP contribution in [0.15, 0.2) is 18.2 Å². The van der Waals surface area contributed by atoms with Gasteiger partial charge in [0.1, 0.15) is 12.1 Å². The molecule has 1 aliphatic rings.